The van der Waals surface area contributed by atoms with Gasteiger partial charge in [0.15, 0.2) is 0 Å². The van der Waals surface area contributed by atoms with Crippen LogP contribution in [0.15, 0.2) is 18.2 Å². The number of aryl methyl sites for hydroxylation is 2. The zero-order valence-corrected chi connectivity index (χ0v) is 8.29. The van der Waals surface area contributed by atoms with E-state index >= 15 is 0 Å². The highest BCUT2D eigenvalue weighted by molar-refractivity contribution is 6.06. The van der Waals surface area contributed by atoms with Crippen LogP contribution in [0.3, 0.4) is 0 Å². The molecule has 1 aromatic heterocycles. The van der Waals surface area contributed by atoms with Gasteiger partial charge < -0.3 is 0 Å². The zero-order chi connectivity index (χ0) is 10.0. The van der Waals surface area contributed by atoms with Gasteiger partial charge in [0, 0.05) is 7.05 Å². The molecule has 0 N–H and O–H groups in total. The first-order valence-electron chi connectivity index (χ1n) is 4.29. The van der Waals surface area contributed by atoms with E-state index in [1.165, 1.54) is 0 Å². The molecule has 0 spiro atoms. The first-order chi connectivity index (χ1) is 6.06. The Balaban J connectivity index is 3.07. The number of hydrogen-bond acceptors (Lipinski definition) is 2. The number of nitrogens with zero attached hydrogens (tertiary/aromatic N) is 2. The lowest BCUT2D eigenvalue weighted by Gasteiger charge is -1.98. The summed E-state index contributed by atoms with van der Waals surface area (Å²) in [7, 11) is 1.77. The molecule has 0 fully saturated rings. The number of carbonyl (C=O) groups excluding carboxylic acids is 1. The summed E-state index contributed by atoms with van der Waals surface area (Å²) in [6.45, 7) is 7.34. The molecule has 70 valence electrons. The molecular weight excluding hydrogens is 164 g/mol. The maximum absolute atomic E-state index is 11.5. The highest BCUT2D eigenvalue weighted by atomic mass is 16.1. The van der Waals surface area contributed by atoms with Gasteiger partial charge in [-0.2, -0.15) is 5.10 Å². The fourth-order valence-corrected chi connectivity index (χ4v) is 1.13. The molecule has 0 radical (unpaired) electrons. The number of ketones is 1. The minimum absolute atomic E-state index is 0.0327. The lowest BCUT2D eigenvalue weighted by Crippen LogP contribution is -2.06. The van der Waals surface area contributed by atoms with Crippen molar-refractivity contribution in [2.24, 2.45) is 7.05 Å². The summed E-state index contributed by atoms with van der Waals surface area (Å²) in [4.78, 5) is 11.5. The number of allylic oxidation sites excluding steroid dienone is 1. The largest absolute Gasteiger partial charge is 0.287 e. The van der Waals surface area contributed by atoms with Crippen molar-refractivity contribution in [2.45, 2.75) is 20.3 Å². The SMILES string of the molecule is C=C(C)C(=O)c1cc(CC)nn1C. The Kier molecular flexibility index (Phi) is 2.66. The van der Waals surface area contributed by atoms with Crippen LogP contribution in [0, 0.1) is 0 Å². The summed E-state index contributed by atoms with van der Waals surface area (Å²) >= 11 is 0. The standard InChI is InChI=1S/C10H14N2O/c1-5-8-6-9(12(4)11-8)10(13)7(2)3/h6H,2,5H2,1,3-4H3. The third-order valence-corrected chi connectivity index (χ3v) is 1.91. The van der Waals surface area contributed by atoms with Gasteiger partial charge >= 0.3 is 0 Å². The Hall–Kier alpha value is -1.38. The molecule has 0 aliphatic carbocycles. The van der Waals surface area contributed by atoms with E-state index in [0.717, 1.165) is 12.1 Å². The Labute approximate surface area is 78.1 Å². The number of hydrogen-bond donors (Lipinski definition) is 0. The zero-order valence-electron chi connectivity index (χ0n) is 8.29. The summed E-state index contributed by atoms with van der Waals surface area (Å²) in [5, 5.41) is 4.19. The highest BCUT2D eigenvalue weighted by Crippen LogP contribution is 2.08. The smallest absolute Gasteiger partial charge is 0.206 e. The van der Waals surface area contributed by atoms with E-state index in [0.29, 0.717) is 11.3 Å². The van der Waals surface area contributed by atoms with Gasteiger partial charge in [0.2, 0.25) is 5.78 Å². The molecular formula is C10H14N2O. The second-order valence-corrected chi connectivity index (χ2v) is 3.11. The summed E-state index contributed by atoms with van der Waals surface area (Å²) in [5.74, 6) is -0.0327. The molecule has 1 rings (SSSR count). The Bertz CT molecular complexity index is 350. The fraction of sp³-hybridized carbons (Fsp3) is 0.400. The topological polar surface area (TPSA) is 34.9 Å². The first kappa shape index (κ1) is 9.71. The van der Waals surface area contributed by atoms with E-state index in [1.807, 2.05) is 13.0 Å². The van der Waals surface area contributed by atoms with E-state index in [1.54, 1.807) is 18.7 Å². The molecule has 0 saturated heterocycles. The van der Waals surface area contributed by atoms with E-state index in [-0.39, 0.29) is 5.78 Å². The molecule has 0 amide bonds. The van der Waals surface area contributed by atoms with Gasteiger partial charge in [0.25, 0.3) is 0 Å². The van der Waals surface area contributed by atoms with Crippen LogP contribution >= 0.6 is 0 Å². The number of Topliss-reactive ketones (excluding diaryl/α,β-unsaturated/α-hetero) is 1. The van der Waals surface area contributed by atoms with Gasteiger partial charge in [-0.25, -0.2) is 0 Å². The summed E-state index contributed by atoms with van der Waals surface area (Å²) < 4.78 is 1.61. The molecule has 3 nitrogen and oxygen atoms in total. The van der Waals surface area contributed by atoms with Crippen molar-refractivity contribution in [3.05, 3.63) is 29.6 Å². The second kappa shape index (κ2) is 3.56. The minimum Gasteiger partial charge on any atom is -0.287 e. The highest BCUT2D eigenvalue weighted by Gasteiger charge is 2.12. The molecule has 1 aromatic rings. The molecule has 0 atom stereocenters. The average molecular weight is 178 g/mol. The summed E-state index contributed by atoms with van der Waals surface area (Å²) in [5.41, 5.74) is 2.10. The minimum atomic E-state index is -0.0327. The van der Waals surface area contributed by atoms with E-state index in [4.69, 9.17) is 0 Å². The van der Waals surface area contributed by atoms with Gasteiger partial charge in [-0.3, -0.25) is 9.48 Å². The maximum atomic E-state index is 11.5. The number of rotatable bonds is 3. The normalized spacial score (nSPS) is 10.1. The molecule has 13 heavy (non-hydrogen) atoms. The Morgan fingerprint density at radius 1 is 1.69 bits per heavy atom. The van der Waals surface area contributed by atoms with Crippen LogP contribution in [-0.2, 0) is 13.5 Å². The first-order valence-corrected chi connectivity index (χ1v) is 4.29. The van der Waals surface area contributed by atoms with Gasteiger partial charge in [-0.05, 0) is 25.0 Å². The van der Waals surface area contributed by atoms with Crippen LogP contribution in [0.2, 0.25) is 0 Å². The molecule has 0 unspecified atom stereocenters. The van der Waals surface area contributed by atoms with E-state index < -0.39 is 0 Å². The Morgan fingerprint density at radius 2 is 2.31 bits per heavy atom. The van der Waals surface area contributed by atoms with Crippen molar-refractivity contribution >= 4 is 5.78 Å². The van der Waals surface area contributed by atoms with E-state index in [2.05, 4.69) is 11.7 Å². The van der Waals surface area contributed by atoms with Crippen LogP contribution in [0.25, 0.3) is 0 Å². The monoisotopic (exact) mass is 178 g/mol. The van der Waals surface area contributed by atoms with Crippen LogP contribution in [-0.4, -0.2) is 15.6 Å². The second-order valence-electron chi connectivity index (χ2n) is 3.11. The van der Waals surface area contributed by atoms with Crippen molar-refractivity contribution in [2.75, 3.05) is 0 Å². The molecule has 0 aliphatic rings. The lowest BCUT2D eigenvalue weighted by atomic mass is 10.1. The van der Waals surface area contributed by atoms with Crippen molar-refractivity contribution in [1.82, 2.24) is 9.78 Å². The predicted octanol–water partition coefficient (Wildman–Crippen LogP) is 1.74. The van der Waals surface area contributed by atoms with Gasteiger partial charge in [0.05, 0.1) is 5.69 Å². The molecule has 3 heteroatoms. The Morgan fingerprint density at radius 3 is 2.69 bits per heavy atom. The third kappa shape index (κ3) is 1.86. The van der Waals surface area contributed by atoms with Crippen molar-refractivity contribution in [1.29, 1.82) is 0 Å². The molecule has 0 aromatic carbocycles. The third-order valence-electron chi connectivity index (χ3n) is 1.91. The maximum Gasteiger partial charge on any atom is 0.206 e. The van der Waals surface area contributed by atoms with Crippen LogP contribution in [0.4, 0.5) is 0 Å². The lowest BCUT2D eigenvalue weighted by molar-refractivity contribution is 0.102. The number of aromatic nitrogens is 2. The van der Waals surface area contributed by atoms with Crippen LogP contribution in [0.1, 0.15) is 30.0 Å². The van der Waals surface area contributed by atoms with Crippen molar-refractivity contribution < 1.29 is 4.79 Å². The average Bonchev–Trinajstić information content (AvgIpc) is 2.45. The summed E-state index contributed by atoms with van der Waals surface area (Å²) in [6, 6.07) is 1.82. The predicted molar refractivity (Wildman–Crippen MR) is 51.7 cm³/mol. The van der Waals surface area contributed by atoms with Gasteiger partial charge in [-0.1, -0.05) is 13.5 Å². The van der Waals surface area contributed by atoms with Crippen molar-refractivity contribution in [3.8, 4) is 0 Å². The van der Waals surface area contributed by atoms with Gasteiger partial charge in [-0.15, -0.1) is 0 Å². The summed E-state index contributed by atoms with van der Waals surface area (Å²) in [6.07, 6.45) is 0.845. The molecule has 1 heterocycles. The van der Waals surface area contributed by atoms with E-state index in [9.17, 15) is 4.79 Å². The quantitative estimate of drug-likeness (QED) is 0.522. The number of carbonyl (C=O) groups is 1. The molecule has 0 saturated carbocycles. The fourth-order valence-electron chi connectivity index (χ4n) is 1.13. The van der Waals surface area contributed by atoms with Crippen LogP contribution < -0.4 is 0 Å². The molecule has 0 aliphatic heterocycles. The molecule has 0 bridgehead atoms. The van der Waals surface area contributed by atoms with Gasteiger partial charge in [0.1, 0.15) is 5.69 Å². The van der Waals surface area contributed by atoms with Crippen molar-refractivity contribution in [3.63, 3.8) is 0 Å². The van der Waals surface area contributed by atoms with Crippen LogP contribution in [0.5, 0.6) is 0 Å².